The van der Waals surface area contributed by atoms with Gasteiger partial charge < -0.3 is 9.47 Å². The van der Waals surface area contributed by atoms with Crippen LogP contribution in [0, 0.1) is 6.92 Å². The van der Waals surface area contributed by atoms with E-state index in [1.807, 2.05) is 6.66 Å². The van der Waals surface area contributed by atoms with Gasteiger partial charge in [-0.25, -0.2) is 9.59 Å². The Kier molecular flexibility index (Phi) is 12.7. The monoisotopic (exact) mass is 441 g/mol. The van der Waals surface area contributed by atoms with Crippen LogP contribution in [-0.4, -0.2) is 40.2 Å². The summed E-state index contributed by atoms with van der Waals surface area (Å²) in [6.45, 7) is 7.48. The van der Waals surface area contributed by atoms with Crippen LogP contribution in [0.1, 0.15) is 40.1 Å². The van der Waals surface area contributed by atoms with Crippen LogP contribution in [0.4, 0.5) is 0 Å². The first-order valence-corrected chi connectivity index (χ1v) is 11.3. The second-order valence-corrected chi connectivity index (χ2v) is 6.55. The van der Waals surface area contributed by atoms with E-state index < -0.39 is 22.1 Å². The van der Waals surface area contributed by atoms with Gasteiger partial charge in [0, 0.05) is 0 Å². The third-order valence-corrected chi connectivity index (χ3v) is 4.28. The van der Waals surface area contributed by atoms with Crippen molar-refractivity contribution in [3.8, 4) is 0 Å². The van der Waals surface area contributed by atoms with E-state index in [2.05, 4.69) is 9.24 Å². The van der Waals surface area contributed by atoms with Crippen molar-refractivity contribution in [2.75, 3.05) is 19.9 Å². The number of esters is 2. The zero-order valence-electron chi connectivity index (χ0n) is 16.9. The molecule has 159 valence electrons. The number of ether oxygens (including phenoxy) is 2. The average molecular weight is 441 g/mol. The van der Waals surface area contributed by atoms with E-state index in [9.17, 15) is 22.6 Å². The van der Waals surface area contributed by atoms with Crippen LogP contribution in [0.25, 0.3) is 0 Å². The largest absolute Gasteiger partial charge is 0.462 e. The number of rotatable bonds is 5. The number of hydrogen-bond acceptors (Lipinski definition) is 6. The zero-order valence-corrected chi connectivity index (χ0v) is 18.8. The summed E-state index contributed by atoms with van der Waals surface area (Å²) in [7, 11) is -1.87. The minimum absolute atomic E-state index is 0.139. The van der Waals surface area contributed by atoms with Crippen molar-refractivity contribution in [2.24, 2.45) is 0 Å². The van der Waals surface area contributed by atoms with Crippen LogP contribution >= 0.6 is 9.24 Å². The van der Waals surface area contributed by atoms with Crippen molar-refractivity contribution < 1.29 is 32.0 Å². The Morgan fingerprint density at radius 1 is 0.828 bits per heavy atom. The zero-order chi connectivity index (χ0) is 22.4. The molecule has 0 N–H and O–H groups in total. The molecule has 9 heteroatoms. The highest BCUT2D eigenvalue weighted by molar-refractivity contribution is 7.85. The van der Waals surface area contributed by atoms with Gasteiger partial charge in [0.05, 0.1) is 29.2 Å². The van der Waals surface area contributed by atoms with Crippen LogP contribution in [0.5, 0.6) is 0 Å². The summed E-state index contributed by atoms with van der Waals surface area (Å²) in [4.78, 5) is 22.9. The predicted molar refractivity (Wildman–Crippen MR) is 113 cm³/mol. The number of carbonyl (C=O) groups excluding carboxylic acids is 2. The van der Waals surface area contributed by atoms with Gasteiger partial charge in [0.15, 0.2) is 0 Å². The van der Waals surface area contributed by atoms with Gasteiger partial charge in [-0.3, -0.25) is 0 Å². The van der Waals surface area contributed by atoms with Gasteiger partial charge in [-0.1, -0.05) is 41.5 Å². The predicted octanol–water partition coefficient (Wildman–Crippen LogP) is 3.65. The van der Waals surface area contributed by atoms with Gasteiger partial charge in [0.2, 0.25) is 0 Å². The molecule has 0 aliphatic rings. The molecule has 1 atom stereocenters. The van der Waals surface area contributed by atoms with Crippen molar-refractivity contribution in [2.45, 2.75) is 25.7 Å². The molecule has 0 aromatic heterocycles. The molecule has 0 aliphatic carbocycles. The normalized spacial score (nSPS) is 9.86. The second kappa shape index (κ2) is 13.8. The molecule has 2 aromatic carbocycles. The summed E-state index contributed by atoms with van der Waals surface area (Å²) in [6, 6.07) is 12.5. The molecule has 1 unspecified atom stereocenters. The van der Waals surface area contributed by atoms with Gasteiger partial charge >= 0.3 is 22.1 Å². The molecule has 2 rings (SSSR count). The molecule has 0 saturated carbocycles. The maximum absolute atomic E-state index is 11.5. The maximum Gasteiger partial charge on any atom is 0.338 e. The van der Waals surface area contributed by atoms with E-state index in [4.69, 9.17) is 9.47 Å². The Hall–Kier alpha value is -2.28. The molecule has 0 spiro atoms. The van der Waals surface area contributed by atoms with Crippen LogP contribution < -0.4 is 0 Å². The second-order valence-electron chi connectivity index (χ2n) is 5.21. The van der Waals surface area contributed by atoms with Crippen molar-refractivity contribution >= 4 is 31.3 Å². The Morgan fingerprint density at radius 2 is 1.21 bits per heavy atom. The summed E-state index contributed by atoms with van der Waals surface area (Å²) in [6.07, 6.45) is 0. The summed E-state index contributed by atoms with van der Waals surface area (Å²) < 4.78 is 41.2. The fraction of sp³-hybridized carbons (Fsp3) is 0.300. The first-order valence-electron chi connectivity index (χ1n) is 8.74. The minimum Gasteiger partial charge on any atom is -0.462 e. The van der Waals surface area contributed by atoms with Gasteiger partial charge in [-0.2, -0.15) is 8.42 Å². The lowest BCUT2D eigenvalue weighted by Gasteiger charge is -2.07. The molecule has 7 nitrogen and oxygen atoms in total. The van der Waals surface area contributed by atoms with Gasteiger partial charge in [0.25, 0.3) is 0 Å². The lowest BCUT2D eigenvalue weighted by molar-refractivity contribution is 0.0479. The van der Waals surface area contributed by atoms with Crippen LogP contribution in [0.15, 0.2) is 53.4 Å². The molecule has 0 amide bonds. The summed E-state index contributed by atoms with van der Waals surface area (Å²) in [5.41, 5.74) is 0.966. The number of aryl methyl sites for hydroxylation is 1. The number of hydrogen-bond donors (Lipinski definition) is 0. The van der Waals surface area contributed by atoms with E-state index >= 15 is 0 Å². The molecule has 1 radical (unpaired) electrons. The van der Waals surface area contributed by atoms with Crippen molar-refractivity contribution in [1.82, 2.24) is 0 Å². The fourth-order valence-electron chi connectivity index (χ4n) is 2.09. The first kappa shape index (κ1) is 26.7. The third-order valence-electron chi connectivity index (χ3n) is 3.28. The summed E-state index contributed by atoms with van der Waals surface area (Å²) >= 11 is 0. The standard InChI is InChI=1S/C12H14O4.C7H7O3S.CH5P/c1-3-15-11(13)9-7-5-6-8-10(9)12(14)16-4-2;1-6-4-2-3-5-7(6)11(8,9)10;1-2/h5-8H,3-4H2,1-2H3;2-5H,1H3;2H2,1H3. The highest BCUT2D eigenvalue weighted by Crippen LogP contribution is 2.13. The third kappa shape index (κ3) is 9.17. The average Bonchev–Trinajstić information content (AvgIpc) is 2.70. The Balaban J connectivity index is 0.000000526. The van der Waals surface area contributed by atoms with Gasteiger partial charge in [-0.15, -0.1) is 9.24 Å². The molecule has 0 bridgehead atoms. The lowest BCUT2D eigenvalue weighted by atomic mass is 10.1. The van der Waals surface area contributed by atoms with E-state index in [1.165, 1.54) is 12.1 Å². The Bertz CT molecular complexity index is 858. The minimum atomic E-state index is -4.28. The highest BCUT2D eigenvalue weighted by atomic mass is 32.2. The Labute approximate surface area is 174 Å². The van der Waals surface area contributed by atoms with Gasteiger partial charge in [-0.05, 0) is 44.5 Å². The van der Waals surface area contributed by atoms with Crippen molar-refractivity contribution in [3.63, 3.8) is 0 Å². The number of benzene rings is 2. The van der Waals surface area contributed by atoms with Gasteiger partial charge in [0.1, 0.15) is 0 Å². The summed E-state index contributed by atoms with van der Waals surface area (Å²) in [5.74, 6) is -1.02. The molecule has 0 saturated heterocycles. The van der Waals surface area contributed by atoms with E-state index in [-0.39, 0.29) is 29.2 Å². The smallest absolute Gasteiger partial charge is 0.338 e. The van der Waals surface area contributed by atoms with E-state index in [1.54, 1.807) is 57.2 Å². The molecule has 0 heterocycles. The Morgan fingerprint density at radius 3 is 1.52 bits per heavy atom. The molecule has 0 aliphatic heterocycles. The van der Waals surface area contributed by atoms with E-state index in [0.29, 0.717) is 5.56 Å². The quantitative estimate of drug-likeness (QED) is 0.518. The molecular formula is C20H26O7PS. The topological polar surface area (TPSA) is 107 Å². The SMILES string of the molecule is CCOC(=O)c1ccccc1C(=O)OCC.CP.Cc1ccccc1S([O])(=O)=O. The molecular weight excluding hydrogens is 415 g/mol. The lowest BCUT2D eigenvalue weighted by Crippen LogP contribution is -2.13. The number of carbonyl (C=O) groups is 2. The van der Waals surface area contributed by atoms with E-state index in [0.717, 1.165) is 0 Å². The van der Waals surface area contributed by atoms with Crippen molar-refractivity contribution in [1.29, 1.82) is 0 Å². The van der Waals surface area contributed by atoms with Crippen LogP contribution in [-0.2, 0) is 24.1 Å². The molecule has 29 heavy (non-hydrogen) atoms. The molecule has 2 aromatic rings. The fourth-order valence-corrected chi connectivity index (χ4v) is 2.80. The first-order chi connectivity index (χ1) is 13.7. The molecule has 0 fully saturated rings. The maximum atomic E-state index is 11.5. The van der Waals surface area contributed by atoms with Crippen LogP contribution in [0.3, 0.4) is 0 Å². The van der Waals surface area contributed by atoms with Crippen LogP contribution in [0.2, 0.25) is 0 Å². The highest BCUT2D eigenvalue weighted by Gasteiger charge is 2.18. The summed E-state index contributed by atoms with van der Waals surface area (Å²) in [5, 5.41) is 0. The van der Waals surface area contributed by atoms with Crippen molar-refractivity contribution in [3.05, 3.63) is 65.2 Å².